The number of aliphatic hydroxyl groups excluding tert-OH is 1. The summed E-state index contributed by atoms with van der Waals surface area (Å²) in [5, 5.41) is 10.7. The molecule has 0 amide bonds. The Morgan fingerprint density at radius 1 is 0.259 bits per heavy atom. The summed E-state index contributed by atoms with van der Waals surface area (Å²) >= 11 is 0. The van der Waals surface area contributed by atoms with Gasteiger partial charge in [-0.05, 0) is 31.6 Å². The van der Waals surface area contributed by atoms with E-state index in [0.29, 0.717) is 25.7 Å². The van der Waals surface area contributed by atoms with Crippen LogP contribution in [0.4, 0.5) is 0 Å². The number of carbonyl (C=O) groups excluding carboxylic acids is 4. The van der Waals surface area contributed by atoms with Crippen LogP contribution >= 0.6 is 15.6 Å². The number of phosphoric acid groups is 2. The van der Waals surface area contributed by atoms with Gasteiger partial charge in [-0.1, -0.05) is 433 Å². The summed E-state index contributed by atoms with van der Waals surface area (Å²) < 4.78 is 69.0. The van der Waals surface area contributed by atoms with E-state index in [0.717, 1.165) is 95.8 Å². The molecule has 0 aliphatic rings. The first kappa shape index (κ1) is 106. The Morgan fingerprint density at radius 3 is 0.657 bits per heavy atom. The summed E-state index contributed by atoms with van der Waals surface area (Å²) in [4.78, 5) is 73.3. The van der Waals surface area contributed by atoms with Gasteiger partial charge < -0.3 is 33.8 Å². The predicted octanol–water partition coefficient (Wildman–Crippen LogP) is 27.5. The molecule has 0 aliphatic carbocycles. The summed E-state index contributed by atoms with van der Waals surface area (Å²) in [6.07, 6.45) is 76.5. The second kappa shape index (κ2) is 81.6. The van der Waals surface area contributed by atoms with Crippen LogP contribution in [0, 0.1) is 5.92 Å². The first-order valence-corrected chi connectivity index (χ1v) is 49.2. The van der Waals surface area contributed by atoms with Gasteiger partial charge in [0, 0.05) is 25.7 Å². The van der Waals surface area contributed by atoms with Crippen molar-refractivity contribution in [2.24, 2.45) is 5.92 Å². The minimum absolute atomic E-state index is 0.108. The van der Waals surface area contributed by atoms with Gasteiger partial charge in [-0.25, -0.2) is 9.13 Å². The normalized spacial score (nSPS) is 14.0. The summed E-state index contributed by atoms with van der Waals surface area (Å²) in [5.41, 5.74) is 0. The van der Waals surface area contributed by atoms with Crippen molar-refractivity contribution in [1.82, 2.24) is 0 Å². The zero-order chi connectivity index (χ0) is 79.0. The molecule has 0 aromatic carbocycles. The molecule has 0 aromatic rings. The van der Waals surface area contributed by atoms with E-state index in [4.69, 9.17) is 37.0 Å². The molecular weight excluding hydrogens is 1400 g/mol. The van der Waals surface area contributed by atoms with Crippen LogP contribution in [0.2, 0.25) is 0 Å². The van der Waals surface area contributed by atoms with Gasteiger partial charge in [-0.15, -0.1) is 0 Å². The second-order valence-electron chi connectivity index (χ2n) is 32.2. The van der Waals surface area contributed by atoms with Crippen molar-refractivity contribution in [2.45, 2.75) is 502 Å². The number of unbranched alkanes of at least 4 members (excludes halogenated alkanes) is 60. The average molecular weight is 1580 g/mol. The minimum Gasteiger partial charge on any atom is -0.462 e. The summed E-state index contributed by atoms with van der Waals surface area (Å²) in [7, 11) is -9.93. The van der Waals surface area contributed by atoms with Crippen LogP contribution < -0.4 is 0 Å². The van der Waals surface area contributed by atoms with Crippen molar-refractivity contribution in [3.63, 3.8) is 0 Å². The van der Waals surface area contributed by atoms with Crippen LogP contribution in [-0.4, -0.2) is 96.7 Å². The fraction of sp³-hybridized carbons (Fsp3) is 0.955. The Labute approximate surface area is 664 Å². The third-order valence-electron chi connectivity index (χ3n) is 21.4. The maximum absolute atomic E-state index is 13.2. The highest BCUT2D eigenvalue weighted by molar-refractivity contribution is 7.47. The van der Waals surface area contributed by atoms with E-state index in [9.17, 15) is 43.2 Å². The van der Waals surface area contributed by atoms with Crippen molar-refractivity contribution in [1.29, 1.82) is 0 Å². The minimum atomic E-state index is -4.97. The molecule has 108 heavy (non-hydrogen) atoms. The lowest BCUT2D eigenvalue weighted by molar-refractivity contribution is -0.161. The monoisotopic (exact) mass is 1580 g/mol. The van der Waals surface area contributed by atoms with E-state index >= 15 is 0 Å². The van der Waals surface area contributed by atoms with Gasteiger partial charge >= 0.3 is 39.5 Å². The maximum atomic E-state index is 13.2. The number of hydrogen-bond acceptors (Lipinski definition) is 15. The van der Waals surface area contributed by atoms with Crippen LogP contribution in [0.1, 0.15) is 484 Å². The largest absolute Gasteiger partial charge is 0.472 e. The third kappa shape index (κ3) is 80.7. The van der Waals surface area contributed by atoms with Crippen LogP contribution in [0.25, 0.3) is 0 Å². The number of rotatable bonds is 89. The topological polar surface area (TPSA) is 237 Å². The number of esters is 4. The molecule has 0 saturated carbocycles. The zero-order valence-electron chi connectivity index (χ0n) is 71.0. The van der Waals surface area contributed by atoms with Crippen molar-refractivity contribution < 1.29 is 80.2 Å². The van der Waals surface area contributed by atoms with E-state index in [-0.39, 0.29) is 25.7 Å². The number of phosphoric ester groups is 2. The molecule has 0 saturated heterocycles. The lowest BCUT2D eigenvalue weighted by Crippen LogP contribution is -2.30. The van der Waals surface area contributed by atoms with E-state index < -0.39 is 97.5 Å². The quantitative estimate of drug-likeness (QED) is 0.0222. The fourth-order valence-electron chi connectivity index (χ4n) is 14.0. The Balaban J connectivity index is 5.23. The van der Waals surface area contributed by atoms with E-state index in [1.165, 1.54) is 308 Å². The molecule has 6 atom stereocenters. The number of ether oxygens (including phenoxy) is 4. The SMILES string of the molecule is CCCCCCCCCCCCCCCCCCCCCCCC(=O)OC[C@H](COP(=O)(O)OC[C@@H](O)COP(=O)(O)OC[C@@H](COC(=O)CCCCCCCCCCC(C)CC)OC(=O)CCCCCCCCCCCCCCCC)OC(=O)CCCCCCCCCCCCCCCCCCCCCCC. The molecule has 642 valence electrons. The van der Waals surface area contributed by atoms with Crippen LogP contribution in [0.3, 0.4) is 0 Å². The van der Waals surface area contributed by atoms with Crippen LogP contribution in [0.15, 0.2) is 0 Å². The predicted molar refractivity (Wildman–Crippen MR) is 446 cm³/mol. The van der Waals surface area contributed by atoms with Gasteiger partial charge in [0.15, 0.2) is 12.2 Å². The van der Waals surface area contributed by atoms with Gasteiger partial charge in [-0.3, -0.25) is 37.3 Å². The van der Waals surface area contributed by atoms with E-state index in [1.54, 1.807) is 0 Å². The Kier molecular flexibility index (Phi) is 80.2. The van der Waals surface area contributed by atoms with Crippen molar-refractivity contribution >= 4 is 39.5 Å². The molecule has 0 bridgehead atoms. The first-order chi connectivity index (χ1) is 52.6. The van der Waals surface area contributed by atoms with E-state index in [2.05, 4.69) is 34.6 Å². The molecule has 3 N–H and O–H groups in total. The molecule has 19 heteroatoms. The summed E-state index contributed by atoms with van der Waals surface area (Å²) in [6.45, 7) is 7.38. The highest BCUT2D eigenvalue weighted by Crippen LogP contribution is 2.45. The highest BCUT2D eigenvalue weighted by Gasteiger charge is 2.31. The average Bonchev–Trinajstić information content (AvgIpc) is 0.899. The summed E-state index contributed by atoms with van der Waals surface area (Å²) in [6, 6.07) is 0. The van der Waals surface area contributed by atoms with Gasteiger partial charge in [0.2, 0.25) is 0 Å². The first-order valence-electron chi connectivity index (χ1n) is 46.2. The Morgan fingerprint density at radius 2 is 0.444 bits per heavy atom. The van der Waals surface area contributed by atoms with Crippen LogP contribution in [-0.2, 0) is 65.4 Å². The molecule has 0 fully saturated rings. The Bertz CT molecular complexity index is 2050. The fourth-order valence-corrected chi connectivity index (χ4v) is 15.5. The summed E-state index contributed by atoms with van der Waals surface area (Å²) in [5.74, 6) is -1.32. The second-order valence-corrected chi connectivity index (χ2v) is 35.1. The molecule has 17 nitrogen and oxygen atoms in total. The lowest BCUT2D eigenvalue weighted by Gasteiger charge is -2.21. The maximum Gasteiger partial charge on any atom is 0.472 e. The number of carbonyl (C=O) groups is 4. The van der Waals surface area contributed by atoms with Gasteiger partial charge in [0.05, 0.1) is 26.4 Å². The molecule has 0 radical (unpaired) electrons. The van der Waals surface area contributed by atoms with Crippen LogP contribution in [0.5, 0.6) is 0 Å². The smallest absolute Gasteiger partial charge is 0.462 e. The highest BCUT2D eigenvalue weighted by atomic mass is 31.2. The molecule has 0 heterocycles. The zero-order valence-corrected chi connectivity index (χ0v) is 72.8. The lowest BCUT2D eigenvalue weighted by atomic mass is 9.99. The van der Waals surface area contributed by atoms with Crippen molar-refractivity contribution in [3.05, 3.63) is 0 Å². The number of hydrogen-bond donors (Lipinski definition) is 3. The van der Waals surface area contributed by atoms with Gasteiger partial charge in [0.25, 0.3) is 0 Å². The Hall–Kier alpha value is -1.94. The molecule has 0 rings (SSSR count). The number of aliphatic hydroxyl groups is 1. The molecule has 0 aromatic heterocycles. The standard InChI is InChI=1S/C89H174O17P2/c1-6-10-13-16-19-22-25-28-31-33-35-37-39-41-43-46-48-51-57-62-67-72-86(91)99-78-84(105-89(94)75-70-65-60-53-50-47-44-42-40-38-36-34-32-29-26-23-20-17-14-11-7-2)80-103-107(95,96)101-76-83(90)77-102-108(97,98)104-81-85(79-100-87(92)73-68-63-58-55-54-56-61-66-71-82(5)9-4)106-88(93)74-69-64-59-52-49-45-30-27-24-21-18-15-12-8-3/h82-85,90H,6-81H2,1-5H3,(H,95,96)(H,97,98)/t82?,83-,84-,85-/m1/s1. The van der Waals surface area contributed by atoms with Gasteiger partial charge in [0.1, 0.15) is 19.3 Å². The molecule has 3 unspecified atom stereocenters. The van der Waals surface area contributed by atoms with Crippen molar-refractivity contribution in [3.8, 4) is 0 Å². The molecule has 0 spiro atoms. The van der Waals surface area contributed by atoms with E-state index in [1.807, 2.05) is 0 Å². The molecular formula is C89H174O17P2. The van der Waals surface area contributed by atoms with Crippen molar-refractivity contribution in [2.75, 3.05) is 39.6 Å². The third-order valence-corrected chi connectivity index (χ3v) is 23.3. The van der Waals surface area contributed by atoms with Gasteiger partial charge in [-0.2, -0.15) is 0 Å². The molecule has 0 aliphatic heterocycles.